The third kappa shape index (κ3) is 5.43. The van der Waals surface area contributed by atoms with E-state index in [2.05, 4.69) is 5.32 Å². The second-order valence-corrected chi connectivity index (χ2v) is 5.93. The molecule has 1 atom stereocenters. The first-order chi connectivity index (χ1) is 12.5. The number of phenolic OH excluding ortho intramolecular Hbond substituents is 1. The molecule has 0 amide bonds. The Morgan fingerprint density at radius 3 is 2.65 bits per heavy atom. The molecule has 0 saturated carbocycles. The second-order valence-electron chi connectivity index (χ2n) is 5.49. The molecule has 0 spiro atoms. The van der Waals surface area contributed by atoms with Crippen LogP contribution in [-0.2, 0) is 16.0 Å². The molecule has 138 valence electrons. The van der Waals surface area contributed by atoms with Gasteiger partial charge in [0.05, 0.1) is 6.61 Å². The Morgan fingerprint density at radius 1 is 1.27 bits per heavy atom. The molecule has 0 fully saturated rings. The third-order valence-electron chi connectivity index (χ3n) is 3.58. The summed E-state index contributed by atoms with van der Waals surface area (Å²) in [4.78, 5) is 12.4. The van der Waals surface area contributed by atoms with Gasteiger partial charge in [-0.3, -0.25) is 0 Å². The van der Waals surface area contributed by atoms with Crippen LogP contribution < -0.4 is 10.1 Å². The zero-order chi connectivity index (χ0) is 18.9. The molecule has 0 bridgehead atoms. The molecule has 0 heterocycles. The summed E-state index contributed by atoms with van der Waals surface area (Å²) in [7, 11) is 1.80. The molecule has 1 unspecified atom stereocenters. The highest BCUT2D eigenvalue weighted by atomic mass is 35.5. The molecule has 2 N–H and O–H groups in total. The summed E-state index contributed by atoms with van der Waals surface area (Å²) < 4.78 is 11.1. The molecule has 2 aromatic rings. The number of benzene rings is 2. The summed E-state index contributed by atoms with van der Waals surface area (Å²) in [5, 5.41) is 13.2. The first-order valence-corrected chi connectivity index (χ1v) is 8.65. The van der Waals surface area contributed by atoms with E-state index in [9.17, 15) is 9.90 Å². The molecular weight excluding hydrogens is 354 g/mol. The largest absolute Gasteiger partial charge is 0.508 e. The SMILES string of the molecule is CCOC(=O)C(Oc1ccc(O)cc1C/C=C\NC)c1ccc(Cl)cc1. The quantitative estimate of drug-likeness (QED) is 0.682. The van der Waals surface area contributed by atoms with E-state index < -0.39 is 12.1 Å². The molecule has 2 rings (SSSR count). The van der Waals surface area contributed by atoms with Gasteiger partial charge in [0.25, 0.3) is 0 Å². The predicted octanol–water partition coefficient (Wildman–Crippen LogP) is 4.00. The number of hydrogen-bond acceptors (Lipinski definition) is 5. The summed E-state index contributed by atoms with van der Waals surface area (Å²) in [6.07, 6.45) is 3.28. The van der Waals surface area contributed by atoms with Gasteiger partial charge < -0.3 is 19.9 Å². The van der Waals surface area contributed by atoms with Crippen molar-refractivity contribution in [2.24, 2.45) is 0 Å². The number of ether oxygens (including phenoxy) is 2. The molecular formula is C20H22ClNO4. The lowest BCUT2D eigenvalue weighted by Crippen LogP contribution is -2.22. The summed E-state index contributed by atoms with van der Waals surface area (Å²) >= 11 is 5.93. The Balaban J connectivity index is 2.34. The van der Waals surface area contributed by atoms with Crippen molar-refractivity contribution in [2.75, 3.05) is 13.7 Å². The van der Waals surface area contributed by atoms with Crippen LogP contribution in [0.5, 0.6) is 11.5 Å². The number of rotatable bonds is 8. The topological polar surface area (TPSA) is 67.8 Å². The van der Waals surface area contributed by atoms with Gasteiger partial charge in [-0.1, -0.05) is 29.8 Å². The lowest BCUT2D eigenvalue weighted by atomic mass is 10.1. The van der Waals surface area contributed by atoms with Crippen molar-refractivity contribution in [3.05, 3.63) is 70.9 Å². The number of hydrogen-bond donors (Lipinski definition) is 2. The first kappa shape index (κ1) is 19.7. The number of phenols is 1. The van der Waals surface area contributed by atoms with Crippen molar-refractivity contribution in [1.82, 2.24) is 5.32 Å². The average molecular weight is 376 g/mol. The number of carbonyl (C=O) groups is 1. The van der Waals surface area contributed by atoms with Crippen LogP contribution in [0.4, 0.5) is 0 Å². The van der Waals surface area contributed by atoms with Crippen LogP contribution in [0.2, 0.25) is 5.02 Å². The third-order valence-corrected chi connectivity index (χ3v) is 3.84. The monoisotopic (exact) mass is 375 g/mol. The molecule has 5 nitrogen and oxygen atoms in total. The zero-order valence-corrected chi connectivity index (χ0v) is 15.5. The summed E-state index contributed by atoms with van der Waals surface area (Å²) in [5.74, 6) is 0.139. The van der Waals surface area contributed by atoms with Crippen molar-refractivity contribution in [2.45, 2.75) is 19.4 Å². The molecule has 6 heteroatoms. The Morgan fingerprint density at radius 2 is 2.00 bits per heavy atom. The maximum absolute atomic E-state index is 12.4. The summed E-state index contributed by atoms with van der Waals surface area (Å²) in [5.41, 5.74) is 1.39. The van der Waals surface area contributed by atoms with Crippen LogP contribution in [0.1, 0.15) is 24.2 Å². The van der Waals surface area contributed by atoms with Crippen molar-refractivity contribution in [3.63, 3.8) is 0 Å². The Kier molecular flexibility index (Phi) is 7.36. The van der Waals surface area contributed by atoms with Crippen LogP contribution in [0.15, 0.2) is 54.7 Å². The highest BCUT2D eigenvalue weighted by Crippen LogP contribution is 2.30. The molecule has 2 aromatic carbocycles. The molecule has 0 aliphatic rings. The Bertz CT molecular complexity index is 759. The van der Waals surface area contributed by atoms with Gasteiger partial charge in [-0.25, -0.2) is 4.79 Å². The fourth-order valence-corrected chi connectivity index (χ4v) is 2.50. The van der Waals surface area contributed by atoms with Crippen molar-refractivity contribution < 1.29 is 19.4 Å². The number of nitrogens with one attached hydrogen (secondary N) is 1. The number of carbonyl (C=O) groups excluding carboxylic acids is 1. The molecule has 0 radical (unpaired) electrons. The van der Waals surface area contributed by atoms with Gasteiger partial charge in [-0.2, -0.15) is 0 Å². The van der Waals surface area contributed by atoms with E-state index >= 15 is 0 Å². The second kappa shape index (κ2) is 9.73. The van der Waals surface area contributed by atoms with Gasteiger partial charge in [0.15, 0.2) is 0 Å². The Labute approximate surface area is 158 Å². The van der Waals surface area contributed by atoms with E-state index in [1.807, 2.05) is 6.08 Å². The predicted molar refractivity (Wildman–Crippen MR) is 101 cm³/mol. The van der Waals surface area contributed by atoms with Gasteiger partial charge in [0.2, 0.25) is 6.10 Å². The van der Waals surface area contributed by atoms with Gasteiger partial charge in [0, 0.05) is 23.2 Å². The smallest absolute Gasteiger partial charge is 0.352 e. The highest BCUT2D eigenvalue weighted by molar-refractivity contribution is 6.30. The minimum Gasteiger partial charge on any atom is -0.508 e. The van der Waals surface area contributed by atoms with Crippen molar-refractivity contribution >= 4 is 17.6 Å². The van der Waals surface area contributed by atoms with Crippen LogP contribution in [0.3, 0.4) is 0 Å². The Hall–Kier alpha value is -2.66. The minimum absolute atomic E-state index is 0.129. The molecule has 26 heavy (non-hydrogen) atoms. The van der Waals surface area contributed by atoms with E-state index in [0.29, 0.717) is 22.8 Å². The van der Waals surface area contributed by atoms with Crippen LogP contribution in [0, 0.1) is 0 Å². The number of esters is 1. The molecule has 0 aliphatic heterocycles. The lowest BCUT2D eigenvalue weighted by molar-refractivity contribution is -0.151. The maximum Gasteiger partial charge on any atom is 0.352 e. The number of halogens is 1. The minimum atomic E-state index is -0.927. The van der Waals surface area contributed by atoms with E-state index in [1.165, 1.54) is 6.07 Å². The van der Waals surface area contributed by atoms with Crippen LogP contribution >= 0.6 is 11.6 Å². The fourth-order valence-electron chi connectivity index (χ4n) is 2.38. The normalized spacial score (nSPS) is 12.0. The summed E-state index contributed by atoms with van der Waals surface area (Å²) in [6, 6.07) is 11.6. The van der Waals surface area contributed by atoms with Gasteiger partial charge in [0.1, 0.15) is 11.5 Å². The lowest BCUT2D eigenvalue weighted by Gasteiger charge is -2.20. The van der Waals surface area contributed by atoms with E-state index in [0.717, 1.165) is 5.56 Å². The van der Waals surface area contributed by atoms with E-state index in [4.69, 9.17) is 21.1 Å². The zero-order valence-electron chi connectivity index (χ0n) is 14.7. The van der Waals surface area contributed by atoms with Crippen LogP contribution in [0.25, 0.3) is 0 Å². The van der Waals surface area contributed by atoms with Gasteiger partial charge in [-0.05, 0) is 49.9 Å². The molecule has 0 saturated heterocycles. The summed E-state index contributed by atoms with van der Waals surface area (Å²) in [6.45, 7) is 1.99. The first-order valence-electron chi connectivity index (χ1n) is 8.28. The standard InChI is InChI=1S/C20H22ClNO4/c1-3-25-20(24)19(14-6-8-16(21)9-7-14)26-18-11-10-17(23)13-15(18)5-4-12-22-2/h4,6-13,19,22-23H,3,5H2,1-2H3/b12-4-. The average Bonchev–Trinajstić information content (AvgIpc) is 2.62. The van der Waals surface area contributed by atoms with Crippen molar-refractivity contribution in [1.29, 1.82) is 0 Å². The van der Waals surface area contributed by atoms with E-state index in [-0.39, 0.29) is 12.4 Å². The maximum atomic E-state index is 12.4. The van der Waals surface area contributed by atoms with Gasteiger partial charge in [-0.15, -0.1) is 0 Å². The highest BCUT2D eigenvalue weighted by Gasteiger charge is 2.25. The van der Waals surface area contributed by atoms with Crippen LogP contribution in [-0.4, -0.2) is 24.7 Å². The number of aromatic hydroxyl groups is 1. The molecule has 0 aliphatic carbocycles. The van der Waals surface area contributed by atoms with E-state index in [1.54, 1.807) is 56.6 Å². The fraction of sp³-hybridized carbons (Fsp3) is 0.250. The van der Waals surface area contributed by atoms with Crippen molar-refractivity contribution in [3.8, 4) is 11.5 Å². The number of allylic oxidation sites excluding steroid dienone is 1. The molecule has 0 aromatic heterocycles. The van der Waals surface area contributed by atoms with Gasteiger partial charge >= 0.3 is 5.97 Å².